The summed E-state index contributed by atoms with van der Waals surface area (Å²) in [6.45, 7) is 6.33. The van der Waals surface area contributed by atoms with Crippen molar-refractivity contribution >= 4 is 34.7 Å². The molecule has 0 aliphatic rings. The van der Waals surface area contributed by atoms with Gasteiger partial charge in [0.15, 0.2) is 0 Å². The van der Waals surface area contributed by atoms with Gasteiger partial charge in [0.1, 0.15) is 11.5 Å². The quantitative estimate of drug-likeness (QED) is 0.676. The molecule has 0 unspecified atom stereocenters. The second kappa shape index (κ2) is 7.41. The highest BCUT2D eigenvalue weighted by Gasteiger charge is 2.19. The van der Waals surface area contributed by atoms with Crippen molar-refractivity contribution < 1.29 is 9.47 Å². The van der Waals surface area contributed by atoms with Gasteiger partial charge >= 0.3 is 0 Å². The molecule has 0 saturated heterocycles. The van der Waals surface area contributed by atoms with Gasteiger partial charge in [-0.1, -0.05) is 38.4 Å². The van der Waals surface area contributed by atoms with E-state index in [1.165, 1.54) is 0 Å². The minimum absolute atomic E-state index is 0.0726. The van der Waals surface area contributed by atoms with Crippen LogP contribution >= 0.6 is 23.8 Å². The van der Waals surface area contributed by atoms with Gasteiger partial charge in [-0.2, -0.15) is 0 Å². The fraction of sp³-hybridized carbons (Fsp3) is 0.316. The number of hydrogen-bond donors (Lipinski definition) is 0. The maximum Gasteiger partial charge on any atom is 0.269 e. The zero-order valence-corrected chi connectivity index (χ0v) is 16.2. The number of methoxy groups -OCH3 is 1. The monoisotopic (exact) mass is 363 g/mol. The van der Waals surface area contributed by atoms with Crippen molar-refractivity contribution in [3.05, 3.63) is 53.1 Å². The lowest BCUT2D eigenvalue weighted by molar-refractivity contribution is 0.415. The molecular weight excluding hydrogens is 342 g/mol. The van der Waals surface area contributed by atoms with E-state index >= 15 is 0 Å². The molecule has 0 N–H and O–H groups in total. The van der Waals surface area contributed by atoms with Gasteiger partial charge in [0.05, 0.1) is 7.11 Å². The Hall–Kier alpha value is -1.78. The zero-order chi connectivity index (χ0) is 17.9. The molecule has 5 heteroatoms. The molecule has 0 aliphatic carbocycles. The molecule has 2 aromatic rings. The van der Waals surface area contributed by atoms with Crippen LogP contribution in [0.5, 0.6) is 11.5 Å². The van der Waals surface area contributed by atoms with Crippen molar-refractivity contribution in [2.24, 2.45) is 0 Å². The summed E-state index contributed by atoms with van der Waals surface area (Å²) in [4.78, 5) is 1.79. The lowest BCUT2D eigenvalue weighted by atomic mass is 9.87. The highest BCUT2D eigenvalue weighted by molar-refractivity contribution is 7.80. The van der Waals surface area contributed by atoms with E-state index in [9.17, 15) is 0 Å². The van der Waals surface area contributed by atoms with Gasteiger partial charge in [-0.15, -0.1) is 0 Å². The molecule has 0 spiro atoms. The number of hydrogen-bond acceptors (Lipinski definition) is 3. The van der Waals surface area contributed by atoms with Gasteiger partial charge < -0.3 is 14.4 Å². The van der Waals surface area contributed by atoms with Gasteiger partial charge in [-0.3, -0.25) is 0 Å². The minimum atomic E-state index is -0.0726. The third kappa shape index (κ3) is 4.40. The Morgan fingerprint density at radius 1 is 1.08 bits per heavy atom. The number of thiocarbonyl (C=S) groups is 1. The topological polar surface area (TPSA) is 21.7 Å². The minimum Gasteiger partial charge on any atom is -0.497 e. The van der Waals surface area contributed by atoms with Crippen molar-refractivity contribution in [3.8, 4) is 11.5 Å². The average Bonchev–Trinajstić information content (AvgIpc) is 2.54. The van der Waals surface area contributed by atoms with Crippen molar-refractivity contribution in [2.75, 3.05) is 19.1 Å². The zero-order valence-electron chi connectivity index (χ0n) is 14.6. The van der Waals surface area contributed by atoms with Gasteiger partial charge in [0.25, 0.3) is 5.17 Å². The lowest BCUT2D eigenvalue weighted by Gasteiger charge is -2.23. The van der Waals surface area contributed by atoms with Crippen LogP contribution < -0.4 is 14.4 Å². The maximum absolute atomic E-state index is 6.30. The van der Waals surface area contributed by atoms with E-state index in [0.29, 0.717) is 10.9 Å². The van der Waals surface area contributed by atoms with Crippen molar-refractivity contribution in [3.63, 3.8) is 0 Å². The van der Waals surface area contributed by atoms with E-state index in [2.05, 4.69) is 20.8 Å². The Balaban J connectivity index is 2.20. The molecular formula is C19H22ClNO2S. The Morgan fingerprint density at radius 2 is 1.79 bits per heavy atom. The molecule has 0 bridgehead atoms. The first kappa shape index (κ1) is 18.6. The maximum atomic E-state index is 6.30. The van der Waals surface area contributed by atoms with Crippen LogP contribution in [-0.2, 0) is 5.41 Å². The number of anilines is 1. The van der Waals surface area contributed by atoms with Crippen LogP contribution in [0.1, 0.15) is 26.3 Å². The first-order valence-electron chi connectivity index (χ1n) is 7.62. The van der Waals surface area contributed by atoms with Gasteiger partial charge in [-0.25, -0.2) is 0 Å². The third-order valence-electron chi connectivity index (χ3n) is 3.67. The summed E-state index contributed by atoms with van der Waals surface area (Å²) in [5.41, 5.74) is 1.84. The molecule has 2 rings (SSSR count). The number of nitrogens with zero attached hydrogens (tertiary/aromatic N) is 1. The Kier molecular flexibility index (Phi) is 5.73. The number of benzene rings is 2. The second-order valence-corrected chi connectivity index (χ2v) is 7.28. The molecule has 3 nitrogen and oxygen atoms in total. The normalized spacial score (nSPS) is 11.1. The lowest BCUT2D eigenvalue weighted by Crippen LogP contribution is -2.29. The van der Waals surface area contributed by atoms with E-state index in [4.69, 9.17) is 33.3 Å². The Bertz CT molecular complexity index is 740. The summed E-state index contributed by atoms with van der Waals surface area (Å²) in [6, 6.07) is 13.2. The summed E-state index contributed by atoms with van der Waals surface area (Å²) in [5.74, 6) is 1.44. The molecule has 24 heavy (non-hydrogen) atoms. The van der Waals surface area contributed by atoms with Crippen molar-refractivity contribution in [2.45, 2.75) is 26.2 Å². The van der Waals surface area contributed by atoms with Crippen LogP contribution in [0.3, 0.4) is 0 Å². The first-order valence-corrected chi connectivity index (χ1v) is 8.40. The summed E-state index contributed by atoms with van der Waals surface area (Å²) >= 11 is 11.7. The predicted molar refractivity (Wildman–Crippen MR) is 105 cm³/mol. The predicted octanol–water partition coefficient (Wildman–Crippen LogP) is 5.45. The molecule has 0 aromatic heterocycles. The van der Waals surface area contributed by atoms with Crippen molar-refractivity contribution in [1.82, 2.24) is 0 Å². The summed E-state index contributed by atoms with van der Waals surface area (Å²) in [5, 5.41) is 1.08. The summed E-state index contributed by atoms with van der Waals surface area (Å²) < 4.78 is 11.1. The van der Waals surface area contributed by atoms with Crippen LogP contribution in [0.2, 0.25) is 5.02 Å². The van der Waals surface area contributed by atoms with Crippen LogP contribution in [0.25, 0.3) is 0 Å². The second-order valence-electron chi connectivity index (χ2n) is 6.52. The average molecular weight is 364 g/mol. The number of ether oxygens (including phenoxy) is 2. The molecule has 0 fully saturated rings. The molecule has 0 heterocycles. The highest BCUT2D eigenvalue weighted by atomic mass is 35.5. The summed E-state index contributed by atoms with van der Waals surface area (Å²) in [6.07, 6.45) is 0. The Labute approximate surface area is 154 Å². The van der Waals surface area contributed by atoms with Crippen LogP contribution in [-0.4, -0.2) is 19.3 Å². The number of halogens is 1. The molecule has 0 saturated carbocycles. The van der Waals surface area contributed by atoms with E-state index in [0.717, 1.165) is 22.0 Å². The third-order valence-corrected chi connectivity index (χ3v) is 4.35. The van der Waals surface area contributed by atoms with E-state index in [1.807, 2.05) is 49.5 Å². The summed E-state index contributed by atoms with van der Waals surface area (Å²) in [7, 11) is 3.49. The largest absolute Gasteiger partial charge is 0.497 e. The van der Waals surface area contributed by atoms with Crippen LogP contribution in [0.4, 0.5) is 5.69 Å². The first-order chi connectivity index (χ1) is 11.2. The molecule has 0 aliphatic heterocycles. The van der Waals surface area contributed by atoms with Crippen molar-refractivity contribution in [1.29, 1.82) is 0 Å². The fourth-order valence-electron chi connectivity index (χ4n) is 2.24. The molecule has 0 radical (unpaired) electrons. The fourth-order valence-corrected chi connectivity index (χ4v) is 2.84. The van der Waals surface area contributed by atoms with Gasteiger partial charge in [0, 0.05) is 23.8 Å². The van der Waals surface area contributed by atoms with Crippen LogP contribution in [0, 0.1) is 0 Å². The molecule has 0 amide bonds. The van der Waals surface area contributed by atoms with E-state index < -0.39 is 0 Å². The van der Waals surface area contributed by atoms with E-state index in [1.54, 1.807) is 12.0 Å². The standard InChI is InChI=1S/C19H22ClNO2S/c1-19(2,3)16-12-15(9-10-17(16)20)23-18(24)21(4)13-7-6-8-14(11-13)22-5/h6-12H,1-5H3. The van der Waals surface area contributed by atoms with Gasteiger partial charge in [-0.05, 0) is 53.5 Å². The highest BCUT2D eigenvalue weighted by Crippen LogP contribution is 2.32. The SMILES string of the molecule is COc1cccc(N(C)C(=S)Oc2ccc(Cl)c(C(C)(C)C)c2)c1. The van der Waals surface area contributed by atoms with Gasteiger partial charge in [0.2, 0.25) is 0 Å². The number of rotatable bonds is 3. The van der Waals surface area contributed by atoms with E-state index in [-0.39, 0.29) is 5.41 Å². The molecule has 0 atom stereocenters. The molecule has 128 valence electrons. The van der Waals surface area contributed by atoms with Crippen LogP contribution in [0.15, 0.2) is 42.5 Å². The smallest absolute Gasteiger partial charge is 0.269 e. The molecule has 2 aromatic carbocycles. The Morgan fingerprint density at radius 3 is 2.42 bits per heavy atom.